The van der Waals surface area contributed by atoms with Crippen molar-refractivity contribution in [1.29, 1.82) is 0 Å². The summed E-state index contributed by atoms with van der Waals surface area (Å²) in [5, 5.41) is 3.43. The molecule has 1 heterocycles. The Morgan fingerprint density at radius 1 is 1.17 bits per heavy atom. The zero-order valence-electron chi connectivity index (χ0n) is 16.9. The van der Waals surface area contributed by atoms with Crippen molar-refractivity contribution in [1.82, 2.24) is 15.1 Å². The molecule has 156 valence electrons. The lowest BCUT2D eigenvalue weighted by atomic mass is 10.1. The van der Waals surface area contributed by atoms with Gasteiger partial charge >= 0.3 is 0 Å². The number of amides is 1. The summed E-state index contributed by atoms with van der Waals surface area (Å²) in [5.74, 6) is 1.11. The van der Waals surface area contributed by atoms with Gasteiger partial charge < -0.3 is 15.1 Å². The van der Waals surface area contributed by atoms with E-state index in [0.717, 1.165) is 29.9 Å². The Morgan fingerprint density at radius 3 is 2.55 bits per heavy atom. The highest BCUT2D eigenvalue weighted by Gasteiger charge is 2.19. The van der Waals surface area contributed by atoms with Crippen LogP contribution >= 0.6 is 39.9 Å². The Morgan fingerprint density at radius 2 is 1.90 bits per heavy atom. The maximum atomic E-state index is 11.9. The molecule has 29 heavy (non-hydrogen) atoms. The van der Waals surface area contributed by atoms with Crippen LogP contribution in [0.2, 0.25) is 0 Å². The molecule has 0 atom stereocenters. The molecule has 1 fully saturated rings. The summed E-state index contributed by atoms with van der Waals surface area (Å²) in [6.45, 7) is 3.04. The summed E-state index contributed by atoms with van der Waals surface area (Å²) in [4.78, 5) is 20.3. The van der Waals surface area contributed by atoms with Crippen LogP contribution in [0.1, 0.15) is 29.5 Å². The van der Waals surface area contributed by atoms with Gasteiger partial charge in [-0.3, -0.25) is 9.79 Å². The molecule has 0 saturated carbocycles. The van der Waals surface area contributed by atoms with Crippen molar-refractivity contribution in [3.8, 4) is 0 Å². The largest absolute Gasteiger partial charge is 0.352 e. The molecule has 1 amide bonds. The number of hydrogen-bond acceptors (Lipinski definition) is 2. The highest BCUT2D eigenvalue weighted by molar-refractivity contribution is 14.0. The summed E-state index contributed by atoms with van der Waals surface area (Å²) in [6, 6.07) is 16.7. The van der Waals surface area contributed by atoms with Crippen molar-refractivity contribution >= 4 is 51.8 Å². The zero-order valence-corrected chi connectivity index (χ0v) is 20.8. The van der Waals surface area contributed by atoms with E-state index >= 15 is 0 Å². The molecule has 0 bridgehead atoms. The van der Waals surface area contributed by atoms with Crippen molar-refractivity contribution < 1.29 is 4.79 Å². The van der Waals surface area contributed by atoms with E-state index in [2.05, 4.69) is 79.7 Å². The predicted octanol–water partition coefficient (Wildman–Crippen LogP) is 4.40. The highest BCUT2D eigenvalue weighted by atomic mass is 127. The highest BCUT2D eigenvalue weighted by Crippen LogP contribution is 2.15. The van der Waals surface area contributed by atoms with E-state index < -0.39 is 0 Å². The molecule has 2 aromatic rings. The summed E-state index contributed by atoms with van der Waals surface area (Å²) >= 11 is 3.47. The first-order chi connectivity index (χ1) is 13.5. The fourth-order valence-corrected chi connectivity index (χ4v) is 3.70. The van der Waals surface area contributed by atoms with E-state index in [0.29, 0.717) is 19.5 Å². The number of nitrogens with zero attached hydrogens (tertiary/aromatic N) is 3. The number of carbonyl (C=O) groups is 1. The van der Waals surface area contributed by atoms with Gasteiger partial charge in [0.25, 0.3) is 0 Å². The van der Waals surface area contributed by atoms with E-state index in [1.54, 1.807) is 7.05 Å². The predicted molar refractivity (Wildman–Crippen MR) is 132 cm³/mol. The van der Waals surface area contributed by atoms with Gasteiger partial charge in [-0.15, -0.1) is 24.0 Å². The van der Waals surface area contributed by atoms with Gasteiger partial charge in [0.05, 0.1) is 0 Å². The molecule has 1 aliphatic rings. The maximum absolute atomic E-state index is 11.9. The molecule has 1 N–H and O–H groups in total. The second-order valence-corrected chi connectivity index (χ2v) is 8.04. The van der Waals surface area contributed by atoms with E-state index in [9.17, 15) is 4.79 Å². The Hall–Kier alpha value is -1.61. The van der Waals surface area contributed by atoms with Crippen LogP contribution < -0.4 is 5.32 Å². The molecule has 0 aliphatic carbocycles. The van der Waals surface area contributed by atoms with E-state index in [1.165, 1.54) is 16.7 Å². The van der Waals surface area contributed by atoms with Crippen LogP contribution in [-0.2, 0) is 24.4 Å². The van der Waals surface area contributed by atoms with Gasteiger partial charge in [-0.1, -0.05) is 52.3 Å². The standard InChI is InChI=1S/C22H27BrN4O.HI/c1-24-22(26(2)15-17-8-10-20(23)11-9-17)25-14-18-5-3-6-19(13-18)16-27-12-4-7-21(27)28;/h3,5-6,8-11,13H,4,7,12,14-16H2,1-2H3,(H,24,25);1H. The van der Waals surface area contributed by atoms with Crippen LogP contribution in [0.3, 0.4) is 0 Å². The smallest absolute Gasteiger partial charge is 0.222 e. The fourth-order valence-electron chi connectivity index (χ4n) is 3.43. The van der Waals surface area contributed by atoms with Crippen LogP contribution in [0.15, 0.2) is 58.0 Å². The molecule has 7 heteroatoms. The lowest BCUT2D eigenvalue weighted by Gasteiger charge is -2.22. The second-order valence-electron chi connectivity index (χ2n) is 7.12. The number of rotatable bonds is 6. The van der Waals surface area contributed by atoms with Gasteiger partial charge in [-0.2, -0.15) is 0 Å². The van der Waals surface area contributed by atoms with Crippen molar-refractivity contribution in [3.63, 3.8) is 0 Å². The number of halogens is 2. The Labute approximate surface area is 198 Å². The summed E-state index contributed by atoms with van der Waals surface area (Å²) in [6.07, 6.45) is 1.66. The third-order valence-corrected chi connectivity index (χ3v) is 5.42. The number of aliphatic imine (C=N–C) groups is 1. The molecule has 0 radical (unpaired) electrons. The number of carbonyl (C=O) groups excluding carboxylic acids is 1. The van der Waals surface area contributed by atoms with E-state index in [4.69, 9.17) is 0 Å². The number of guanidine groups is 1. The zero-order chi connectivity index (χ0) is 19.9. The average Bonchev–Trinajstić information content (AvgIpc) is 3.09. The minimum absolute atomic E-state index is 0. The van der Waals surface area contributed by atoms with Gasteiger partial charge in [0.2, 0.25) is 5.91 Å². The molecule has 0 aromatic heterocycles. The first-order valence-corrected chi connectivity index (χ1v) is 10.4. The van der Waals surface area contributed by atoms with Crippen LogP contribution in [0.4, 0.5) is 0 Å². The van der Waals surface area contributed by atoms with Gasteiger partial charge in [0.1, 0.15) is 0 Å². The SMILES string of the molecule is CN=C(NCc1cccc(CN2CCCC2=O)c1)N(C)Cc1ccc(Br)cc1.I. The van der Waals surface area contributed by atoms with Crippen LogP contribution in [-0.4, -0.2) is 42.3 Å². The number of hydrogen-bond donors (Lipinski definition) is 1. The molecule has 5 nitrogen and oxygen atoms in total. The third-order valence-electron chi connectivity index (χ3n) is 4.89. The third kappa shape index (κ3) is 6.99. The lowest BCUT2D eigenvalue weighted by molar-refractivity contribution is -0.128. The minimum Gasteiger partial charge on any atom is -0.352 e. The maximum Gasteiger partial charge on any atom is 0.222 e. The van der Waals surface area contributed by atoms with Gasteiger partial charge in [0, 0.05) is 51.2 Å². The first-order valence-electron chi connectivity index (χ1n) is 9.57. The summed E-state index contributed by atoms with van der Waals surface area (Å²) in [5.41, 5.74) is 3.58. The molecular formula is C22H28BrIN4O. The molecule has 1 aliphatic heterocycles. The minimum atomic E-state index is 0. The quantitative estimate of drug-likeness (QED) is 0.318. The molecule has 0 unspecified atom stereocenters. The van der Waals surface area contributed by atoms with Crippen LogP contribution in [0.25, 0.3) is 0 Å². The van der Waals surface area contributed by atoms with Crippen LogP contribution in [0.5, 0.6) is 0 Å². The molecule has 2 aromatic carbocycles. The molecular weight excluding hydrogens is 543 g/mol. The van der Waals surface area contributed by atoms with Crippen molar-refractivity contribution in [3.05, 3.63) is 69.7 Å². The molecule has 0 spiro atoms. The van der Waals surface area contributed by atoms with Crippen molar-refractivity contribution in [2.75, 3.05) is 20.6 Å². The number of benzene rings is 2. The normalized spacial score (nSPS) is 14.0. The average molecular weight is 571 g/mol. The van der Waals surface area contributed by atoms with Crippen molar-refractivity contribution in [2.45, 2.75) is 32.5 Å². The van der Waals surface area contributed by atoms with E-state index in [1.807, 2.05) is 11.9 Å². The van der Waals surface area contributed by atoms with Gasteiger partial charge in [-0.25, -0.2) is 0 Å². The molecule has 3 rings (SSSR count). The Kier molecular flexibility index (Phi) is 9.42. The van der Waals surface area contributed by atoms with Gasteiger partial charge in [-0.05, 0) is 35.2 Å². The summed E-state index contributed by atoms with van der Waals surface area (Å²) in [7, 11) is 3.84. The Bertz CT molecular complexity index is 841. The fraction of sp³-hybridized carbons (Fsp3) is 0.364. The summed E-state index contributed by atoms with van der Waals surface area (Å²) < 4.78 is 1.08. The molecule has 1 saturated heterocycles. The number of likely N-dealkylation sites (tertiary alicyclic amines) is 1. The topological polar surface area (TPSA) is 47.9 Å². The first kappa shape index (κ1) is 23.7. The van der Waals surface area contributed by atoms with E-state index in [-0.39, 0.29) is 29.9 Å². The van der Waals surface area contributed by atoms with Crippen LogP contribution in [0, 0.1) is 0 Å². The Balaban J connectivity index is 0.00000300. The second kappa shape index (κ2) is 11.5. The lowest BCUT2D eigenvalue weighted by Crippen LogP contribution is -2.38. The monoisotopic (exact) mass is 570 g/mol. The number of nitrogens with one attached hydrogen (secondary N) is 1. The van der Waals surface area contributed by atoms with Gasteiger partial charge in [0.15, 0.2) is 5.96 Å². The van der Waals surface area contributed by atoms with Crippen molar-refractivity contribution in [2.24, 2.45) is 4.99 Å².